The zero-order valence-corrected chi connectivity index (χ0v) is 9.98. The van der Waals surface area contributed by atoms with Gasteiger partial charge in [-0.15, -0.1) is 0 Å². The van der Waals surface area contributed by atoms with Gasteiger partial charge in [-0.25, -0.2) is 9.59 Å². The number of hydrogen-bond donors (Lipinski definition) is 3. The Labute approximate surface area is 101 Å². The van der Waals surface area contributed by atoms with E-state index in [0.29, 0.717) is 6.61 Å². The normalized spacial score (nSPS) is 13.0. The Morgan fingerprint density at radius 1 is 1.53 bits per heavy atom. The minimum Gasteiger partial charge on any atom is -0.478 e. The standard InChI is InChI=1S/C4H9NO.C3H7NO2.C3H4O2/c1-3-6-4-2-5-1;1-2-6-3(4)5;1-2-3(4)5/h5H,1-4H2;2H2,1H3,(H2,4,5);2H,1H2,(H,4,5). The third-order valence-electron chi connectivity index (χ3n) is 1.31. The summed E-state index contributed by atoms with van der Waals surface area (Å²) in [6, 6.07) is 0. The quantitative estimate of drug-likeness (QED) is 0.591. The summed E-state index contributed by atoms with van der Waals surface area (Å²) in [6.07, 6.45) is 0.123. The van der Waals surface area contributed by atoms with Crippen molar-refractivity contribution in [3.05, 3.63) is 12.7 Å². The van der Waals surface area contributed by atoms with Crippen LogP contribution in [0.5, 0.6) is 0 Å². The molecule has 0 unspecified atom stereocenters. The Morgan fingerprint density at radius 3 is 2.06 bits per heavy atom. The molecule has 1 amide bonds. The van der Waals surface area contributed by atoms with Crippen LogP contribution in [0.15, 0.2) is 12.7 Å². The Morgan fingerprint density at radius 2 is 2.00 bits per heavy atom. The minimum absolute atomic E-state index is 0.356. The summed E-state index contributed by atoms with van der Waals surface area (Å²) in [5.74, 6) is -0.981. The number of primary amides is 1. The highest BCUT2D eigenvalue weighted by molar-refractivity contribution is 5.78. The van der Waals surface area contributed by atoms with Gasteiger partial charge in [-0.1, -0.05) is 6.58 Å². The van der Waals surface area contributed by atoms with Crippen molar-refractivity contribution in [3.63, 3.8) is 0 Å². The van der Waals surface area contributed by atoms with Crippen molar-refractivity contribution in [1.82, 2.24) is 5.32 Å². The van der Waals surface area contributed by atoms with Crippen LogP contribution in [-0.2, 0) is 14.3 Å². The molecule has 0 radical (unpaired) electrons. The highest BCUT2D eigenvalue weighted by atomic mass is 16.5. The molecule has 0 spiro atoms. The molecular formula is C10H20N2O5. The maximum Gasteiger partial charge on any atom is 0.404 e. The molecule has 0 aromatic rings. The van der Waals surface area contributed by atoms with Gasteiger partial charge < -0.3 is 25.6 Å². The third-order valence-corrected chi connectivity index (χ3v) is 1.31. The fourth-order valence-corrected chi connectivity index (χ4v) is 0.658. The first-order valence-electron chi connectivity index (χ1n) is 5.10. The predicted molar refractivity (Wildman–Crippen MR) is 62.7 cm³/mol. The lowest BCUT2D eigenvalue weighted by atomic mass is 10.5. The number of nitrogens with two attached hydrogens (primary N) is 1. The van der Waals surface area contributed by atoms with Crippen molar-refractivity contribution in [3.8, 4) is 0 Å². The monoisotopic (exact) mass is 248 g/mol. The first-order chi connectivity index (χ1) is 8.04. The van der Waals surface area contributed by atoms with Crippen LogP contribution >= 0.6 is 0 Å². The lowest BCUT2D eigenvalue weighted by Gasteiger charge is -2.10. The van der Waals surface area contributed by atoms with Crippen LogP contribution in [0.1, 0.15) is 6.92 Å². The van der Waals surface area contributed by atoms with Crippen LogP contribution in [0.3, 0.4) is 0 Å². The van der Waals surface area contributed by atoms with Crippen LogP contribution in [0.25, 0.3) is 0 Å². The minimum atomic E-state index is -0.981. The van der Waals surface area contributed by atoms with Crippen LogP contribution in [-0.4, -0.2) is 50.1 Å². The van der Waals surface area contributed by atoms with E-state index in [-0.39, 0.29) is 0 Å². The Hall–Kier alpha value is -1.60. The highest BCUT2D eigenvalue weighted by Crippen LogP contribution is 1.76. The number of aliphatic carboxylic acids is 1. The second-order valence-electron chi connectivity index (χ2n) is 2.66. The van der Waals surface area contributed by atoms with Crippen molar-refractivity contribution in [2.75, 3.05) is 32.9 Å². The van der Waals surface area contributed by atoms with Gasteiger partial charge in [0.1, 0.15) is 0 Å². The molecule has 0 aromatic heterocycles. The number of amides is 1. The van der Waals surface area contributed by atoms with Gasteiger partial charge in [-0.05, 0) is 6.92 Å². The molecular weight excluding hydrogens is 228 g/mol. The molecule has 0 aliphatic carbocycles. The van der Waals surface area contributed by atoms with Crippen molar-refractivity contribution < 1.29 is 24.2 Å². The number of morpholine rings is 1. The zero-order valence-electron chi connectivity index (χ0n) is 9.98. The van der Waals surface area contributed by atoms with E-state index in [1.807, 2.05) is 0 Å². The van der Waals surface area contributed by atoms with Crippen LogP contribution in [0.4, 0.5) is 4.79 Å². The number of nitrogens with one attached hydrogen (secondary N) is 1. The molecule has 1 heterocycles. The van der Waals surface area contributed by atoms with Crippen molar-refractivity contribution >= 4 is 12.1 Å². The number of hydrogen-bond acceptors (Lipinski definition) is 5. The second kappa shape index (κ2) is 14.4. The van der Waals surface area contributed by atoms with Crippen LogP contribution in [0.2, 0.25) is 0 Å². The topological polar surface area (TPSA) is 111 Å². The number of carbonyl (C=O) groups is 2. The van der Waals surface area contributed by atoms with Gasteiger partial charge >= 0.3 is 12.1 Å². The van der Waals surface area contributed by atoms with E-state index in [0.717, 1.165) is 32.4 Å². The lowest BCUT2D eigenvalue weighted by molar-refractivity contribution is -0.131. The summed E-state index contributed by atoms with van der Waals surface area (Å²) in [6.45, 7) is 8.85. The average Bonchev–Trinajstić information content (AvgIpc) is 2.32. The van der Waals surface area contributed by atoms with E-state index in [4.69, 9.17) is 9.84 Å². The van der Waals surface area contributed by atoms with Crippen LogP contribution < -0.4 is 11.1 Å². The van der Waals surface area contributed by atoms with E-state index in [9.17, 15) is 9.59 Å². The molecule has 0 saturated carbocycles. The first-order valence-corrected chi connectivity index (χ1v) is 5.10. The van der Waals surface area contributed by atoms with Crippen LogP contribution in [0, 0.1) is 0 Å². The molecule has 1 saturated heterocycles. The summed E-state index contributed by atoms with van der Waals surface area (Å²) >= 11 is 0. The van der Waals surface area contributed by atoms with E-state index >= 15 is 0 Å². The molecule has 17 heavy (non-hydrogen) atoms. The number of rotatable bonds is 2. The highest BCUT2D eigenvalue weighted by Gasteiger charge is 1.92. The lowest BCUT2D eigenvalue weighted by Crippen LogP contribution is -2.30. The van der Waals surface area contributed by atoms with Gasteiger partial charge in [0.2, 0.25) is 0 Å². The van der Waals surface area contributed by atoms with Gasteiger partial charge in [0, 0.05) is 19.2 Å². The summed E-state index contributed by atoms with van der Waals surface area (Å²) in [4.78, 5) is 18.8. The van der Waals surface area contributed by atoms with Crippen molar-refractivity contribution in [2.24, 2.45) is 5.73 Å². The van der Waals surface area contributed by atoms with Crippen molar-refractivity contribution in [2.45, 2.75) is 6.92 Å². The van der Waals surface area contributed by atoms with E-state index in [1.54, 1.807) is 6.92 Å². The molecule has 1 aliphatic rings. The summed E-state index contributed by atoms with van der Waals surface area (Å²) in [5, 5.41) is 10.8. The number of ether oxygens (including phenoxy) is 2. The van der Waals surface area contributed by atoms with Gasteiger partial charge in [-0.3, -0.25) is 0 Å². The Balaban J connectivity index is 0. The Bertz CT molecular complexity index is 205. The van der Waals surface area contributed by atoms with E-state index in [2.05, 4.69) is 22.4 Å². The van der Waals surface area contributed by atoms with Gasteiger partial charge in [0.15, 0.2) is 0 Å². The van der Waals surface area contributed by atoms with Gasteiger partial charge in [0.05, 0.1) is 19.8 Å². The molecule has 0 bridgehead atoms. The molecule has 0 aromatic carbocycles. The Kier molecular flexibility index (Phi) is 15.1. The maximum absolute atomic E-state index is 9.60. The molecule has 1 fully saturated rings. The SMILES string of the molecule is C1COCCN1.C=CC(=O)O.CCOC(N)=O. The summed E-state index contributed by atoms with van der Waals surface area (Å²) in [5.41, 5.74) is 4.54. The first kappa shape index (κ1) is 17.8. The predicted octanol–water partition coefficient (Wildman–Crippen LogP) is -0.0352. The van der Waals surface area contributed by atoms with Gasteiger partial charge in [0.25, 0.3) is 0 Å². The van der Waals surface area contributed by atoms with Gasteiger partial charge in [-0.2, -0.15) is 0 Å². The zero-order chi connectivity index (χ0) is 13.5. The summed E-state index contributed by atoms with van der Waals surface area (Å²) in [7, 11) is 0. The van der Waals surface area contributed by atoms with E-state index in [1.165, 1.54) is 0 Å². The second-order valence-corrected chi connectivity index (χ2v) is 2.66. The molecule has 100 valence electrons. The molecule has 0 atom stereocenters. The third kappa shape index (κ3) is 25.1. The molecule has 4 N–H and O–H groups in total. The average molecular weight is 248 g/mol. The molecule has 1 aliphatic heterocycles. The molecule has 1 rings (SSSR count). The number of carboxylic acid groups (broad SMARTS) is 1. The molecule has 7 heteroatoms. The fourth-order valence-electron chi connectivity index (χ4n) is 0.658. The number of carboxylic acids is 1. The largest absolute Gasteiger partial charge is 0.478 e. The number of carbonyl (C=O) groups excluding carboxylic acids is 1. The summed E-state index contributed by atoms with van der Waals surface area (Å²) < 4.78 is 9.19. The molecule has 7 nitrogen and oxygen atoms in total. The maximum atomic E-state index is 9.60. The van der Waals surface area contributed by atoms with Crippen molar-refractivity contribution in [1.29, 1.82) is 0 Å². The fraction of sp³-hybridized carbons (Fsp3) is 0.600. The van der Waals surface area contributed by atoms with E-state index < -0.39 is 12.1 Å². The smallest absolute Gasteiger partial charge is 0.404 e.